The van der Waals surface area contributed by atoms with Gasteiger partial charge in [-0.1, -0.05) is 12.2 Å². The maximum absolute atomic E-state index is 12.8. The van der Waals surface area contributed by atoms with Crippen LogP contribution in [-0.2, 0) is 9.59 Å². The van der Waals surface area contributed by atoms with Gasteiger partial charge in [-0.25, -0.2) is 0 Å². The monoisotopic (exact) mass is 508 g/mol. The van der Waals surface area contributed by atoms with Crippen LogP contribution >= 0.6 is 0 Å². The summed E-state index contributed by atoms with van der Waals surface area (Å²) in [4.78, 5) is 37.5. The van der Waals surface area contributed by atoms with Crippen molar-refractivity contribution in [2.75, 3.05) is 14.2 Å². The molecule has 0 aliphatic rings. The van der Waals surface area contributed by atoms with Crippen LogP contribution < -0.4 is 18.9 Å². The summed E-state index contributed by atoms with van der Waals surface area (Å²) in [6, 6.07) is 8.10. The number of benzene rings is 2. The highest BCUT2D eigenvalue weighted by molar-refractivity contribution is 6.07. The molecule has 0 aliphatic carbocycles. The van der Waals surface area contributed by atoms with Crippen LogP contribution in [0.15, 0.2) is 42.5 Å². The van der Waals surface area contributed by atoms with Gasteiger partial charge < -0.3 is 18.9 Å². The molecular formula is C30H36O7. The number of methoxy groups -OCH3 is 2. The van der Waals surface area contributed by atoms with Gasteiger partial charge in [-0.2, -0.15) is 0 Å². The van der Waals surface area contributed by atoms with Crippen LogP contribution in [0.1, 0.15) is 70.0 Å². The van der Waals surface area contributed by atoms with E-state index in [4.69, 9.17) is 18.9 Å². The Morgan fingerprint density at radius 1 is 0.703 bits per heavy atom. The van der Waals surface area contributed by atoms with E-state index in [0.717, 1.165) is 0 Å². The molecule has 0 bridgehead atoms. The van der Waals surface area contributed by atoms with Gasteiger partial charge in [0.1, 0.15) is 5.75 Å². The number of carbonyl (C=O) groups is 3. The maximum Gasteiger partial charge on any atom is 0.316 e. The average Bonchev–Trinajstić information content (AvgIpc) is 2.82. The van der Waals surface area contributed by atoms with Gasteiger partial charge in [0, 0.05) is 16.7 Å². The molecule has 2 aromatic carbocycles. The molecule has 0 saturated heterocycles. The molecule has 198 valence electrons. The molecule has 0 saturated carbocycles. The lowest BCUT2D eigenvalue weighted by molar-refractivity contribution is -0.143. The normalized spacial score (nSPS) is 12.0. The van der Waals surface area contributed by atoms with E-state index < -0.39 is 16.8 Å². The number of carbonyl (C=O) groups excluding carboxylic acids is 3. The number of rotatable bonds is 8. The predicted molar refractivity (Wildman–Crippen MR) is 144 cm³/mol. The Hall–Kier alpha value is -3.87. The zero-order chi connectivity index (χ0) is 28.0. The lowest BCUT2D eigenvalue weighted by Crippen LogP contribution is -2.26. The summed E-state index contributed by atoms with van der Waals surface area (Å²) in [5, 5.41) is 0. The van der Waals surface area contributed by atoms with Gasteiger partial charge in [-0.15, -0.1) is 0 Å². The van der Waals surface area contributed by atoms with Crippen LogP contribution in [0.5, 0.6) is 23.0 Å². The minimum Gasteiger partial charge on any atom is -0.492 e. The molecular weight excluding hydrogens is 472 g/mol. The van der Waals surface area contributed by atoms with Crippen LogP contribution in [0.25, 0.3) is 12.2 Å². The van der Waals surface area contributed by atoms with Gasteiger partial charge >= 0.3 is 11.9 Å². The highest BCUT2D eigenvalue weighted by atomic mass is 16.6. The van der Waals surface area contributed by atoms with Gasteiger partial charge in [0.15, 0.2) is 17.3 Å². The number of hydrogen-bond donors (Lipinski definition) is 0. The quantitative estimate of drug-likeness (QED) is 0.173. The molecule has 7 nitrogen and oxygen atoms in total. The zero-order valence-electron chi connectivity index (χ0n) is 23.1. The van der Waals surface area contributed by atoms with Crippen molar-refractivity contribution >= 4 is 29.9 Å². The minimum atomic E-state index is -0.725. The minimum absolute atomic E-state index is 0.237. The van der Waals surface area contributed by atoms with Crippen molar-refractivity contribution in [3.63, 3.8) is 0 Å². The second kappa shape index (κ2) is 11.9. The maximum atomic E-state index is 12.8. The Labute approximate surface area is 219 Å². The van der Waals surface area contributed by atoms with E-state index in [9.17, 15) is 14.4 Å². The first kappa shape index (κ1) is 29.4. The van der Waals surface area contributed by atoms with Crippen LogP contribution in [0.3, 0.4) is 0 Å². The van der Waals surface area contributed by atoms with Crippen molar-refractivity contribution in [1.29, 1.82) is 0 Å². The van der Waals surface area contributed by atoms with E-state index in [-0.39, 0.29) is 23.3 Å². The summed E-state index contributed by atoms with van der Waals surface area (Å²) in [6.07, 6.45) is 6.61. The fraction of sp³-hybridized carbons (Fsp3) is 0.367. The van der Waals surface area contributed by atoms with Crippen molar-refractivity contribution in [2.24, 2.45) is 10.8 Å². The fourth-order valence-electron chi connectivity index (χ4n) is 3.05. The molecule has 0 heterocycles. The van der Waals surface area contributed by atoms with Crippen molar-refractivity contribution in [3.8, 4) is 23.0 Å². The molecule has 2 rings (SSSR count). The van der Waals surface area contributed by atoms with E-state index in [1.165, 1.54) is 20.3 Å². The highest BCUT2D eigenvalue weighted by Gasteiger charge is 2.28. The molecule has 2 aromatic rings. The van der Waals surface area contributed by atoms with E-state index in [2.05, 4.69) is 0 Å². The standard InChI is InChI=1S/C30H36O7/c1-10-11-20-18-21(24(34-8)26(35-9)25(20)37-28(33)30(5,6)7)14-17-23(31)19-12-15-22(16-13-19)36-27(32)29(2,3)4/h10-18H,1-9H3. The third-order valence-corrected chi connectivity index (χ3v) is 5.19. The summed E-state index contributed by atoms with van der Waals surface area (Å²) >= 11 is 0. The molecule has 0 unspecified atom stereocenters. The molecule has 0 aliphatic heterocycles. The summed E-state index contributed by atoms with van der Waals surface area (Å²) in [7, 11) is 2.93. The second-order valence-electron chi connectivity index (χ2n) is 10.5. The lowest BCUT2D eigenvalue weighted by Gasteiger charge is -2.21. The Morgan fingerprint density at radius 3 is 1.70 bits per heavy atom. The van der Waals surface area contributed by atoms with Crippen molar-refractivity contribution in [2.45, 2.75) is 48.5 Å². The Morgan fingerprint density at radius 2 is 1.22 bits per heavy atom. The lowest BCUT2D eigenvalue weighted by atomic mass is 9.97. The summed E-state index contributed by atoms with van der Waals surface area (Å²) in [5.74, 6) is 0.124. The summed E-state index contributed by atoms with van der Waals surface area (Å²) in [6.45, 7) is 12.4. The number of hydrogen-bond acceptors (Lipinski definition) is 7. The molecule has 0 N–H and O–H groups in total. The van der Waals surface area contributed by atoms with E-state index in [1.807, 2.05) is 13.0 Å². The molecule has 0 fully saturated rings. The zero-order valence-corrected chi connectivity index (χ0v) is 23.1. The first-order valence-corrected chi connectivity index (χ1v) is 11.9. The van der Waals surface area contributed by atoms with Crippen molar-refractivity contribution in [1.82, 2.24) is 0 Å². The third kappa shape index (κ3) is 7.56. The largest absolute Gasteiger partial charge is 0.492 e. The van der Waals surface area contributed by atoms with Crippen LogP contribution in [0, 0.1) is 10.8 Å². The van der Waals surface area contributed by atoms with Gasteiger partial charge in [-0.05, 0) is 91.0 Å². The smallest absolute Gasteiger partial charge is 0.316 e. The topological polar surface area (TPSA) is 88.1 Å². The molecule has 0 spiro atoms. The first-order chi connectivity index (χ1) is 17.2. The molecule has 0 atom stereocenters. The SMILES string of the molecule is CC=Cc1cc(C=CC(=O)c2ccc(OC(=O)C(C)(C)C)cc2)c(OC)c(OC)c1OC(=O)C(C)(C)C. The van der Waals surface area contributed by atoms with Gasteiger partial charge in [0.25, 0.3) is 0 Å². The van der Waals surface area contributed by atoms with Crippen molar-refractivity contribution in [3.05, 3.63) is 59.2 Å². The van der Waals surface area contributed by atoms with Gasteiger partial charge in [0.2, 0.25) is 5.75 Å². The van der Waals surface area contributed by atoms with Gasteiger partial charge in [0.05, 0.1) is 25.0 Å². The molecule has 0 radical (unpaired) electrons. The van der Waals surface area contributed by atoms with Crippen LogP contribution in [-0.4, -0.2) is 31.9 Å². The average molecular weight is 509 g/mol. The van der Waals surface area contributed by atoms with Crippen molar-refractivity contribution < 1.29 is 33.3 Å². The number of esters is 2. The molecule has 37 heavy (non-hydrogen) atoms. The van der Waals surface area contributed by atoms with Crippen LogP contribution in [0.4, 0.5) is 0 Å². The second-order valence-corrected chi connectivity index (χ2v) is 10.5. The Balaban J connectivity index is 2.41. The van der Waals surface area contributed by atoms with E-state index >= 15 is 0 Å². The molecule has 0 amide bonds. The van der Waals surface area contributed by atoms with E-state index in [1.54, 1.807) is 84.0 Å². The number of ether oxygens (including phenoxy) is 4. The number of allylic oxidation sites excluding steroid dienone is 2. The Kier molecular flexibility index (Phi) is 9.45. The molecule has 0 aromatic heterocycles. The predicted octanol–water partition coefficient (Wildman–Crippen LogP) is 6.54. The molecule has 7 heteroatoms. The highest BCUT2D eigenvalue weighted by Crippen LogP contribution is 2.44. The fourth-order valence-corrected chi connectivity index (χ4v) is 3.05. The van der Waals surface area contributed by atoms with E-state index in [0.29, 0.717) is 28.2 Å². The summed E-state index contributed by atoms with van der Waals surface area (Å²) < 4.78 is 22.2. The van der Waals surface area contributed by atoms with Gasteiger partial charge in [-0.3, -0.25) is 14.4 Å². The first-order valence-electron chi connectivity index (χ1n) is 11.9. The number of ketones is 1. The summed E-state index contributed by atoms with van der Waals surface area (Å²) in [5.41, 5.74) is 0.213. The van der Waals surface area contributed by atoms with Crippen LogP contribution in [0.2, 0.25) is 0 Å². The Bertz CT molecular complexity index is 1200. The third-order valence-electron chi connectivity index (χ3n) is 5.19.